The van der Waals surface area contributed by atoms with Crippen LogP contribution < -0.4 is 10.6 Å². The van der Waals surface area contributed by atoms with Crippen LogP contribution in [0.1, 0.15) is 66.4 Å². The highest BCUT2D eigenvalue weighted by Crippen LogP contribution is 2.34. The largest absolute Gasteiger partial charge is 0.392 e. The Kier molecular flexibility index (Phi) is 11.1. The number of nitrogens with one attached hydrogen (secondary N) is 2. The highest BCUT2D eigenvalue weighted by molar-refractivity contribution is 5.90. The average molecular weight is 521 g/mol. The molecule has 0 radical (unpaired) electrons. The number of carbonyl (C=O) groups excluding carboxylic acids is 3. The third-order valence-corrected chi connectivity index (χ3v) is 7.08. The number of benzene rings is 1. The minimum absolute atomic E-state index is 0.0275. The number of rotatable bonds is 7. The first-order valence-electron chi connectivity index (χ1n) is 13.2. The van der Waals surface area contributed by atoms with E-state index in [1.165, 1.54) is 12.1 Å². The number of likely N-dealkylation sites (tertiary alicyclic amines) is 2. The molecule has 0 aliphatic carbocycles. The summed E-state index contributed by atoms with van der Waals surface area (Å²) in [6, 6.07) is 4.98. The van der Waals surface area contributed by atoms with E-state index in [0.29, 0.717) is 25.4 Å². The van der Waals surface area contributed by atoms with Gasteiger partial charge in [0.05, 0.1) is 24.7 Å². The summed E-state index contributed by atoms with van der Waals surface area (Å²) in [5.41, 5.74) is 0.334. The quantitative estimate of drug-likeness (QED) is 0.513. The zero-order chi connectivity index (χ0) is 27.9. The molecule has 8 nitrogen and oxygen atoms in total. The molecule has 2 heterocycles. The molecule has 4 atom stereocenters. The molecule has 2 fully saturated rings. The van der Waals surface area contributed by atoms with Crippen LogP contribution in [0.4, 0.5) is 4.39 Å². The van der Waals surface area contributed by atoms with Gasteiger partial charge in [0.2, 0.25) is 17.7 Å². The molecule has 0 bridgehead atoms. The first-order valence-corrected chi connectivity index (χ1v) is 13.2. The summed E-state index contributed by atoms with van der Waals surface area (Å²) < 4.78 is 12.1. The zero-order valence-electron chi connectivity index (χ0n) is 23.4. The molecule has 2 saturated heterocycles. The molecule has 3 N–H and O–H groups in total. The number of likely N-dealkylation sites (N-methyl/N-ethyl adjacent to an activating group) is 1. The Hall–Kier alpha value is -2.52. The number of aliphatic hydroxyl groups excluding tert-OH is 1. The van der Waals surface area contributed by atoms with Gasteiger partial charge >= 0.3 is 0 Å². The van der Waals surface area contributed by atoms with Crippen molar-refractivity contribution in [1.29, 1.82) is 0 Å². The molecule has 3 amide bonds. The average Bonchev–Trinajstić information content (AvgIpc) is 3.43. The van der Waals surface area contributed by atoms with Crippen molar-refractivity contribution in [3.63, 3.8) is 0 Å². The van der Waals surface area contributed by atoms with Crippen LogP contribution >= 0.6 is 0 Å². The van der Waals surface area contributed by atoms with Crippen molar-refractivity contribution < 1.29 is 23.9 Å². The fourth-order valence-corrected chi connectivity index (χ4v) is 4.84. The third-order valence-electron chi connectivity index (χ3n) is 7.08. The lowest BCUT2D eigenvalue weighted by Gasteiger charge is -2.36. The van der Waals surface area contributed by atoms with Crippen molar-refractivity contribution in [3.05, 3.63) is 35.6 Å². The second-order valence-corrected chi connectivity index (χ2v) is 11.5. The Bertz CT molecular complexity index is 916. The minimum Gasteiger partial charge on any atom is -0.392 e. The number of amides is 3. The van der Waals surface area contributed by atoms with Crippen LogP contribution in [0.3, 0.4) is 0 Å². The summed E-state index contributed by atoms with van der Waals surface area (Å²) in [5, 5.41) is 14.4. The van der Waals surface area contributed by atoms with E-state index < -0.39 is 11.5 Å². The van der Waals surface area contributed by atoms with Gasteiger partial charge < -0.3 is 25.5 Å². The van der Waals surface area contributed by atoms with Gasteiger partial charge in [0.1, 0.15) is 11.9 Å². The monoisotopic (exact) mass is 520 g/mol. The Morgan fingerprint density at radius 2 is 1.57 bits per heavy atom. The second kappa shape index (κ2) is 13.3. The van der Waals surface area contributed by atoms with E-state index in [9.17, 15) is 18.8 Å². The molecule has 37 heavy (non-hydrogen) atoms. The Morgan fingerprint density at radius 1 is 1.03 bits per heavy atom. The van der Waals surface area contributed by atoms with Gasteiger partial charge in [-0.1, -0.05) is 46.8 Å². The number of halogens is 1. The molecule has 3 unspecified atom stereocenters. The van der Waals surface area contributed by atoms with Crippen molar-refractivity contribution in [3.8, 4) is 0 Å². The van der Waals surface area contributed by atoms with E-state index in [1.54, 1.807) is 26.1 Å². The molecule has 3 rings (SSSR count). The molecule has 0 saturated carbocycles. The van der Waals surface area contributed by atoms with Gasteiger partial charge in [-0.05, 0) is 55.8 Å². The fourth-order valence-electron chi connectivity index (χ4n) is 4.84. The summed E-state index contributed by atoms with van der Waals surface area (Å²) in [6.45, 7) is 13.1. The van der Waals surface area contributed by atoms with Crippen LogP contribution in [-0.4, -0.2) is 76.9 Å². The Morgan fingerprint density at radius 3 is 2.05 bits per heavy atom. The van der Waals surface area contributed by atoms with E-state index >= 15 is 0 Å². The van der Waals surface area contributed by atoms with Crippen molar-refractivity contribution >= 4 is 17.7 Å². The van der Waals surface area contributed by atoms with Crippen LogP contribution in [0.5, 0.6) is 0 Å². The van der Waals surface area contributed by atoms with Gasteiger partial charge in [-0.2, -0.15) is 0 Å². The van der Waals surface area contributed by atoms with Gasteiger partial charge in [0.25, 0.3) is 0 Å². The van der Waals surface area contributed by atoms with Crippen molar-refractivity contribution in [2.24, 2.45) is 11.3 Å². The molecular formula is C28H45FN4O4. The first kappa shape index (κ1) is 30.7. The number of nitrogens with zero attached hydrogens (tertiary/aromatic N) is 2. The van der Waals surface area contributed by atoms with Gasteiger partial charge in [0, 0.05) is 19.5 Å². The normalized spacial score (nSPS) is 20.7. The van der Waals surface area contributed by atoms with Crippen LogP contribution in [0.2, 0.25) is 0 Å². The summed E-state index contributed by atoms with van der Waals surface area (Å²) in [7, 11) is 1.73. The highest BCUT2D eigenvalue weighted by atomic mass is 19.1. The summed E-state index contributed by atoms with van der Waals surface area (Å²) >= 11 is 0. The SMILES string of the molecule is CN[C@@H](C)C(=O)NC(C(=O)N1CCC2C1CCN2C(=O)CC(C)C)C(C)(C)C.OCc1ccc(F)cc1. The van der Waals surface area contributed by atoms with Crippen molar-refractivity contribution in [2.45, 2.75) is 91.6 Å². The summed E-state index contributed by atoms with van der Waals surface area (Å²) in [5.74, 6) is 0.0503. The molecule has 2 aliphatic rings. The number of aliphatic hydroxyl groups is 1. The van der Waals surface area contributed by atoms with E-state index in [0.717, 1.165) is 18.4 Å². The molecular weight excluding hydrogens is 475 g/mol. The van der Waals surface area contributed by atoms with Crippen molar-refractivity contribution in [2.75, 3.05) is 20.1 Å². The third kappa shape index (κ3) is 8.23. The summed E-state index contributed by atoms with van der Waals surface area (Å²) in [6.07, 6.45) is 2.19. The minimum atomic E-state index is -0.588. The molecule has 1 aromatic carbocycles. The standard InChI is InChI=1S/C21H38N4O3.C7H7FO/c1-13(2)12-17(26)24-10-8-16-15(24)9-11-25(16)20(28)18(21(4,5)6)23-19(27)14(3)22-7;8-7-3-1-6(5-9)2-4-7/h13-16,18,22H,8-12H2,1-7H3,(H,23,27);1-4,9H,5H2/t14-,15?,16?,18?;/m0./s1. The molecule has 0 spiro atoms. The second-order valence-electron chi connectivity index (χ2n) is 11.5. The lowest BCUT2D eigenvalue weighted by atomic mass is 9.85. The van der Waals surface area contributed by atoms with Gasteiger partial charge in [-0.25, -0.2) is 4.39 Å². The number of hydrogen-bond donors (Lipinski definition) is 3. The van der Waals surface area contributed by atoms with E-state index in [4.69, 9.17) is 5.11 Å². The maximum atomic E-state index is 13.4. The maximum Gasteiger partial charge on any atom is 0.246 e. The van der Waals surface area contributed by atoms with Crippen LogP contribution in [0, 0.1) is 17.2 Å². The Labute approximate surface area is 221 Å². The molecule has 0 aromatic heterocycles. The van der Waals surface area contributed by atoms with Crippen molar-refractivity contribution in [1.82, 2.24) is 20.4 Å². The van der Waals surface area contributed by atoms with Gasteiger partial charge in [0.15, 0.2) is 0 Å². The van der Waals surface area contributed by atoms with Crippen LogP contribution in [0.25, 0.3) is 0 Å². The smallest absolute Gasteiger partial charge is 0.246 e. The van der Waals surface area contributed by atoms with Gasteiger partial charge in [-0.15, -0.1) is 0 Å². The van der Waals surface area contributed by atoms with E-state index in [1.807, 2.05) is 30.6 Å². The molecule has 1 aromatic rings. The molecule has 9 heteroatoms. The zero-order valence-corrected chi connectivity index (χ0v) is 23.4. The van der Waals surface area contributed by atoms with Crippen LogP contribution in [-0.2, 0) is 21.0 Å². The Balaban J connectivity index is 0.000000449. The lowest BCUT2D eigenvalue weighted by Crippen LogP contribution is -2.58. The number of carbonyl (C=O) groups is 3. The van der Waals surface area contributed by atoms with E-state index in [2.05, 4.69) is 24.5 Å². The predicted molar refractivity (Wildman–Crippen MR) is 142 cm³/mol. The number of fused-ring (bicyclic) bond motifs is 1. The maximum absolute atomic E-state index is 13.4. The lowest BCUT2D eigenvalue weighted by molar-refractivity contribution is -0.140. The summed E-state index contributed by atoms with van der Waals surface area (Å²) in [4.78, 5) is 42.3. The number of hydrogen-bond acceptors (Lipinski definition) is 5. The first-order chi connectivity index (χ1) is 17.3. The highest BCUT2D eigenvalue weighted by Gasteiger charge is 2.48. The molecule has 208 valence electrons. The van der Waals surface area contributed by atoms with Gasteiger partial charge in [-0.3, -0.25) is 14.4 Å². The predicted octanol–water partition coefficient (Wildman–Crippen LogP) is 2.69. The molecule has 2 aliphatic heterocycles. The topological polar surface area (TPSA) is 102 Å². The van der Waals surface area contributed by atoms with Crippen LogP contribution in [0.15, 0.2) is 24.3 Å². The fraction of sp³-hybridized carbons (Fsp3) is 0.679. The van der Waals surface area contributed by atoms with E-state index in [-0.39, 0.29) is 48.3 Å².